The average Bonchev–Trinajstić information content (AvgIpc) is 2.94. The highest BCUT2D eigenvalue weighted by atomic mass is 35.5. The zero-order valence-electron chi connectivity index (χ0n) is 12.4. The van der Waals surface area contributed by atoms with Crippen LogP contribution in [0, 0.1) is 0 Å². The lowest BCUT2D eigenvalue weighted by atomic mass is 10.3. The van der Waals surface area contributed by atoms with Gasteiger partial charge in [-0.05, 0) is 43.3 Å². The summed E-state index contributed by atoms with van der Waals surface area (Å²) in [5, 5.41) is 10.5. The zero-order valence-corrected chi connectivity index (χ0v) is 13.2. The Morgan fingerprint density at radius 1 is 1.26 bits per heavy atom. The molecule has 1 heterocycles. The van der Waals surface area contributed by atoms with Gasteiger partial charge in [-0.3, -0.25) is 9.36 Å². The number of benzene rings is 2. The van der Waals surface area contributed by atoms with E-state index >= 15 is 0 Å². The van der Waals surface area contributed by atoms with Gasteiger partial charge in [-0.2, -0.15) is 0 Å². The molecule has 118 valence electrons. The van der Waals surface area contributed by atoms with Crippen LogP contribution in [-0.4, -0.2) is 27.2 Å². The summed E-state index contributed by atoms with van der Waals surface area (Å²) in [4.78, 5) is 16.9. The second-order valence-electron chi connectivity index (χ2n) is 5.11. The Morgan fingerprint density at radius 3 is 2.65 bits per heavy atom. The number of carbonyl (C=O) groups is 1. The van der Waals surface area contributed by atoms with Crippen LogP contribution in [0.3, 0.4) is 0 Å². The van der Waals surface area contributed by atoms with E-state index in [1.54, 1.807) is 43.3 Å². The molecule has 3 aromatic rings. The first-order chi connectivity index (χ1) is 11.1. The largest absolute Gasteiger partial charge is 0.484 e. The molecule has 0 aliphatic heterocycles. The maximum Gasteiger partial charge on any atom is 0.270 e. The smallest absolute Gasteiger partial charge is 0.270 e. The first-order valence-corrected chi connectivity index (χ1v) is 7.51. The minimum Gasteiger partial charge on any atom is -0.484 e. The number of aromatic nitrogens is 2. The maximum atomic E-state index is 12.5. The highest BCUT2D eigenvalue weighted by molar-refractivity contribution is 6.30. The van der Waals surface area contributed by atoms with Gasteiger partial charge in [0.15, 0.2) is 6.61 Å². The predicted octanol–water partition coefficient (Wildman–Crippen LogP) is 3.46. The van der Waals surface area contributed by atoms with Gasteiger partial charge in [-0.15, -0.1) is 0 Å². The van der Waals surface area contributed by atoms with Crippen molar-refractivity contribution in [3.05, 3.63) is 59.4 Å². The Bertz CT molecular complexity index is 841. The fourth-order valence-corrected chi connectivity index (χ4v) is 2.45. The molecule has 0 radical (unpaired) electrons. The van der Waals surface area contributed by atoms with Gasteiger partial charge in [0.2, 0.25) is 0 Å². The van der Waals surface area contributed by atoms with Gasteiger partial charge in [-0.25, -0.2) is 4.98 Å². The summed E-state index contributed by atoms with van der Waals surface area (Å²) in [5.74, 6) is 0.547. The Kier molecular flexibility index (Phi) is 4.32. The summed E-state index contributed by atoms with van der Waals surface area (Å²) in [6.45, 7) is 1.41. The second kappa shape index (κ2) is 6.40. The molecule has 2 aromatic carbocycles. The number of halogens is 1. The monoisotopic (exact) mass is 330 g/mol. The van der Waals surface area contributed by atoms with E-state index in [2.05, 4.69) is 4.98 Å². The molecule has 0 saturated carbocycles. The number of fused-ring (bicyclic) bond motifs is 1. The Balaban J connectivity index is 1.88. The van der Waals surface area contributed by atoms with E-state index in [4.69, 9.17) is 16.3 Å². The number of hydrogen-bond donors (Lipinski definition) is 1. The predicted molar refractivity (Wildman–Crippen MR) is 87.9 cm³/mol. The minimum atomic E-state index is -0.859. The Morgan fingerprint density at radius 2 is 1.96 bits per heavy atom. The molecule has 0 spiro atoms. The minimum absolute atomic E-state index is 0.165. The van der Waals surface area contributed by atoms with Gasteiger partial charge in [0.25, 0.3) is 5.91 Å². The number of nitrogens with zero attached hydrogens (tertiary/aromatic N) is 2. The van der Waals surface area contributed by atoms with E-state index in [9.17, 15) is 9.90 Å². The third-order valence-electron chi connectivity index (χ3n) is 3.39. The molecule has 3 rings (SSSR count). The highest BCUT2D eigenvalue weighted by Crippen LogP contribution is 2.21. The lowest BCUT2D eigenvalue weighted by molar-refractivity contribution is 0.0822. The fraction of sp³-hybridized carbons (Fsp3) is 0.176. The van der Waals surface area contributed by atoms with E-state index in [0.717, 1.165) is 0 Å². The first-order valence-electron chi connectivity index (χ1n) is 7.13. The van der Waals surface area contributed by atoms with Crippen molar-refractivity contribution in [2.75, 3.05) is 6.61 Å². The number of para-hydroxylation sites is 2. The summed E-state index contributed by atoms with van der Waals surface area (Å²) in [6.07, 6.45) is -0.859. The molecule has 1 aromatic heterocycles. The number of aliphatic hydroxyl groups excluding tert-OH is 1. The summed E-state index contributed by atoms with van der Waals surface area (Å²) in [5.41, 5.74) is 1.30. The third kappa shape index (κ3) is 3.21. The Labute approximate surface area is 138 Å². The molecule has 5 nitrogen and oxygen atoms in total. The number of imidazole rings is 1. The molecular formula is C17H15ClN2O3. The number of aliphatic hydroxyl groups is 1. The van der Waals surface area contributed by atoms with Gasteiger partial charge >= 0.3 is 0 Å². The summed E-state index contributed by atoms with van der Waals surface area (Å²) < 4.78 is 6.89. The van der Waals surface area contributed by atoms with Gasteiger partial charge in [0.1, 0.15) is 17.7 Å². The molecule has 0 aliphatic carbocycles. The molecule has 6 heteroatoms. The molecule has 0 unspecified atom stereocenters. The highest BCUT2D eigenvalue weighted by Gasteiger charge is 2.20. The van der Waals surface area contributed by atoms with E-state index < -0.39 is 6.10 Å². The first kappa shape index (κ1) is 15.5. The molecule has 0 fully saturated rings. The Hall–Kier alpha value is -2.37. The van der Waals surface area contributed by atoms with E-state index in [-0.39, 0.29) is 12.5 Å². The van der Waals surface area contributed by atoms with E-state index in [1.807, 2.05) is 12.1 Å². The van der Waals surface area contributed by atoms with Crippen LogP contribution in [0.15, 0.2) is 48.5 Å². The van der Waals surface area contributed by atoms with Crippen LogP contribution in [-0.2, 0) is 0 Å². The SMILES string of the molecule is C[C@@H](O)c1nc2ccccc2n1C(=O)COc1ccc(Cl)cc1. The van der Waals surface area contributed by atoms with Crippen LogP contribution in [0.25, 0.3) is 11.0 Å². The fourth-order valence-electron chi connectivity index (χ4n) is 2.33. The van der Waals surface area contributed by atoms with Crippen molar-refractivity contribution in [2.24, 2.45) is 0 Å². The van der Waals surface area contributed by atoms with Crippen LogP contribution in [0.2, 0.25) is 5.02 Å². The van der Waals surface area contributed by atoms with Crippen LogP contribution in [0.5, 0.6) is 5.75 Å². The van der Waals surface area contributed by atoms with Crippen LogP contribution in [0.1, 0.15) is 23.6 Å². The van der Waals surface area contributed by atoms with Gasteiger partial charge < -0.3 is 9.84 Å². The number of rotatable bonds is 4. The van der Waals surface area contributed by atoms with Crippen LogP contribution >= 0.6 is 11.6 Å². The van der Waals surface area contributed by atoms with Crippen LogP contribution < -0.4 is 4.74 Å². The number of carbonyl (C=O) groups excluding carboxylic acids is 1. The van der Waals surface area contributed by atoms with Crippen molar-refractivity contribution < 1.29 is 14.6 Å². The molecule has 0 saturated heterocycles. The van der Waals surface area contributed by atoms with Crippen molar-refractivity contribution in [1.29, 1.82) is 0 Å². The van der Waals surface area contributed by atoms with Crippen molar-refractivity contribution >= 4 is 28.5 Å². The van der Waals surface area contributed by atoms with Gasteiger partial charge in [0.05, 0.1) is 11.0 Å². The molecule has 0 aliphatic rings. The molecule has 0 amide bonds. The molecule has 23 heavy (non-hydrogen) atoms. The number of ether oxygens (including phenoxy) is 1. The normalized spacial score (nSPS) is 12.3. The molecule has 1 N–H and O–H groups in total. The molecular weight excluding hydrogens is 316 g/mol. The standard InChI is InChI=1S/C17H15ClN2O3/c1-11(21)17-19-14-4-2-3-5-15(14)20(17)16(22)10-23-13-8-6-12(18)7-9-13/h2-9,11,21H,10H2,1H3/t11-/m1/s1. The van der Waals surface area contributed by atoms with Crippen LogP contribution in [0.4, 0.5) is 0 Å². The van der Waals surface area contributed by atoms with E-state index in [1.165, 1.54) is 4.57 Å². The third-order valence-corrected chi connectivity index (χ3v) is 3.64. The van der Waals surface area contributed by atoms with Gasteiger partial charge in [-0.1, -0.05) is 23.7 Å². The van der Waals surface area contributed by atoms with Crippen molar-refractivity contribution in [3.63, 3.8) is 0 Å². The molecule has 1 atom stereocenters. The van der Waals surface area contributed by atoms with Crippen molar-refractivity contribution in [2.45, 2.75) is 13.0 Å². The average molecular weight is 331 g/mol. The summed E-state index contributed by atoms with van der Waals surface area (Å²) in [6, 6.07) is 14.0. The zero-order chi connectivity index (χ0) is 16.4. The molecule has 0 bridgehead atoms. The summed E-state index contributed by atoms with van der Waals surface area (Å²) in [7, 11) is 0. The maximum absolute atomic E-state index is 12.5. The lowest BCUT2D eigenvalue weighted by Gasteiger charge is -2.10. The second-order valence-corrected chi connectivity index (χ2v) is 5.54. The van der Waals surface area contributed by atoms with Gasteiger partial charge in [0, 0.05) is 5.02 Å². The van der Waals surface area contributed by atoms with Crippen molar-refractivity contribution in [1.82, 2.24) is 9.55 Å². The van der Waals surface area contributed by atoms with E-state index in [0.29, 0.717) is 27.6 Å². The number of hydrogen-bond acceptors (Lipinski definition) is 4. The summed E-state index contributed by atoms with van der Waals surface area (Å²) >= 11 is 5.81. The van der Waals surface area contributed by atoms with Crippen molar-refractivity contribution in [3.8, 4) is 5.75 Å². The lowest BCUT2D eigenvalue weighted by Crippen LogP contribution is -2.22. The quantitative estimate of drug-likeness (QED) is 0.795. The topological polar surface area (TPSA) is 64.4 Å².